The molecule has 5 nitrogen and oxygen atoms in total. The first-order valence-electron chi connectivity index (χ1n) is 8.41. The highest BCUT2D eigenvalue weighted by Gasteiger charge is 2.69. The summed E-state index contributed by atoms with van der Waals surface area (Å²) in [5, 5.41) is 12.2. The molecule has 2 aliphatic rings. The summed E-state index contributed by atoms with van der Waals surface area (Å²) in [5.41, 5.74) is -0.0431. The molecule has 1 fully saturated rings. The number of benzene rings is 1. The van der Waals surface area contributed by atoms with E-state index in [-0.39, 0.29) is 6.42 Å². The van der Waals surface area contributed by atoms with Crippen LogP contribution in [0.4, 0.5) is 0 Å². The van der Waals surface area contributed by atoms with Crippen molar-refractivity contribution >= 4 is 11.0 Å². The maximum Gasteiger partial charge on any atom is 0.343 e. The van der Waals surface area contributed by atoms with Crippen molar-refractivity contribution in [3.05, 3.63) is 52.4 Å². The fourth-order valence-corrected chi connectivity index (χ4v) is 3.85. The van der Waals surface area contributed by atoms with Gasteiger partial charge >= 0.3 is 5.63 Å². The van der Waals surface area contributed by atoms with Crippen molar-refractivity contribution < 1.29 is 19.0 Å². The number of rotatable bonds is 2. The van der Waals surface area contributed by atoms with E-state index in [0.717, 1.165) is 5.56 Å². The van der Waals surface area contributed by atoms with E-state index < -0.39 is 28.5 Å². The topological polar surface area (TPSA) is 72.2 Å². The molecule has 1 aromatic carbocycles. The third-order valence-electron chi connectivity index (χ3n) is 5.61. The molecule has 0 bridgehead atoms. The Morgan fingerprint density at radius 1 is 1.32 bits per heavy atom. The van der Waals surface area contributed by atoms with Crippen LogP contribution in [0.25, 0.3) is 11.0 Å². The lowest BCUT2D eigenvalue weighted by Gasteiger charge is -2.46. The van der Waals surface area contributed by atoms with E-state index in [1.165, 1.54) is 0 Å². The lowest BCUT2D eigenvalue weighted by atomic mass is 9.71. The SMILES string of the molecule is C=C[C@]1(C)Cc2c(c3c(C)cccc3oc2=O)O[C@@]1(O)[C@@H]1OC1(C)C. The molecule has 1 saturated heterocycles. The lowest BCUT2D eigenvalue weighted by molar-refractivity contribution is -0.223. The Labute approximate surface area is 145 Å². The van der Waals surface area contributed by atoms with Crippen LogP contribution in [0.15, 0.2) is 40.1 Å². The Balaban J connectivity index is 2.00. The third-order valence-corrected chi connectivity index (χ3v) is 5.61. The van der Waals surface area contributed by atoms with Crippen LogP contribution in [-0.2, 0) is 11.2 Å². The zero-order valence-corrected chi connectivity index (χ0v) is 14.9. The average Bonchev–Trinajstić information content (AvgIpc) is 3.19. The van der Waals surface area contributed by atoms with E-state index >= 15 is 0 Å². The number of ether oxygens (including phenoxy) is 2. The van der Waals surface area contributed by atoms with Gasteiger partial charge < -0.3 is 19.0 Å². The molecular formula is C20H22O5. The van der Waals surface area contributed by atoms with E-state index in [4.69, 9.17) is 13.9 Å². The van der Waals surface area contributed by atoms with Crippen LogP contribution in [0.5, 0.6) is 5.75 Å². The number of epoxide rings is 1. The summed E-state index contributed by atoms with van der Waals surface area (Å²) in [5.74, 6) is -1.23. The summed E-state index contributed by atoms with van der Waals surface area (Å²) in [6, 6.07) is 5.47. The van der Waals surface area contributed by atoms with Gasteiger partial charge in [-0.25, -0.2) is 4.79 Å². The minimum atomic E-state index is -1.62. The van der Waals surface area contributed by atoms with Crippen molar-refractivity contribution in [1.82, 2.24) is 0 Å². The average molecular weight is 342 g/mol. The van der Waals surface area contributed by atoms with Gasteiger partial charge in [0.05, 0.1) is 22.0 Å². The summed E-state index contributed by atoms with van der Waals surface area (Å²) in [6.45, 7) is 11.4. The second-order valence-corrected chi connectivity index (χ2v) is 7.84. The number of hydrogen-bond donors (Lipinski definition) is 1. The third kappa shape index (κ3) is 2.06. The molecule has 0 unspecified atom stereocenters. The summed E-state index contributed by atoms with van der Waals surface area (Å²) in [6.07, 6.45) is 1.39. The summed E-state index contributed by atoms with van der Waals surface area (Å²) in [4.78, 5) is 12.5. The fourth-order valence-electron chi connectivity index (χ4n) is 3.85. The molecule has 0 radical (unpaired) electrons. The minimum absolute atomic E-state index is 0.269. The van der Waals surface area contributed by atoms with Gasteiger partial charge in [-0.15, -0.1) is 6.58 Å². The van der Waals surface area contributed by atoms with Gasteiger partial charge in [0, 0.05) is 0 Å². The Hall–Kier alpha value is -2.11. The van der Waals surface area contributed by atoms with Crippen LogP contribution < -0.4 is 10.4 Å². The molecule has 25 heavy (non-hydrogen) atoms. The molecule has 3 heterocycles. The van der Waals surface area contributed by atoms with Crippen LogP contribution in [0.2, 0.25) is 0 Å². The highest BCUT2D eigenvalue weighted by atomic mass is 16.7. The number of hydrogen-bond acceptors (Lipinski definition) is 5. The molecule has 0 saturated carbocycles. The Kier molecular flexibility index (Phi) is 3.10. The van der Waals surface area contributed by atoms with Crippen molar-refractivity contribution in [2.75, 3.05) is 0 Å². The first kappa shape index (κ1) is 16.4. The molecule has 5 heteroatoms. The van der Waals surface area contributed by atoms with Crippen LogP contribution >= 0.6 is 0 Å². The Morgan fingerprint density at radius 3 is 2.60 bits per heavy atom. The molecular weight excluding hydrogens is 320 g/mol. The highest BCUT2D eigenvalue weighted by molar-refractivity contribution is 5.88. The molecule has 0 amide bonds. The summed E-state index contributed by atoms with van der Waals surface area (Å²) < 4.78 is 17.3. The zero-order valence-electron chi connectivity index (χ0n) is 14.9. The predicted octanol–water partition coefficient (Wildman–Crippen LogP) is 3.09. The lowest BCUT2D eigenvalue weighted by Crippen LogP contribution is -2.59. The maximum atomic E-state index is 12.5. The van der Waals surface area contributed by atoms with Gasteiger partial charge in [-0.2, -0.15) is 0 Å². The van der Waals surface area contributed by atoms with Crippen LogP contribution in [-0.4, -0.2) is 22.6 Å². The second kappa shape index (κ2) is 4.74. The zero-order chi connectivity index (χ0) is 18.2. The van der Waals surface area contributed by atoms with Gasteiger partial charge in [0.25, 0.3) is 0 Å². The van der Waals surface area contributed by atoms with Crippen molar-refractivity contribution in [2.45, 2.75) is 51.6 Å². The van der Waals surface area contributed by atoms with Gasteiger partial charge in [0.1, 0.15) is 11.3 Å². The van der Waals surface area contributed by atoms with Crippen LogP contribution in [0, 0.1) is 12.3 Å². The normalized spacial score (nSPS) is 32.8. The fraction of sp³-hybridized carbons (Fsp3) is 0.450. The Morgan fingerprint density at radius 2 is 2.00 bits per heavy atom. The Bertz CT molecular complexity index is 956. The van der Waals surface area contributed by atoms with Gasteiger partial charge in [-0.3, -0.25) is 0 Å². The van der Waals surface area contributed by atoms with E-state index in [0.29, 0.717) is 22.3 Å². The number of aryl methyl sites for hydroxylation is 1. The van der Waals surface area contributed by atoms with Crippen LogP contribution in [0.3, 0.4) is 0 Å². The van der Waals surface area contributed by atoms with Crippen molar-refractivity contribution in [2.24, 2.45) is 5.41 Å². The van der Waals surface area contributed by atoms with Crippen LogP contribution in [0.1, 0.15) is 31.9 Å². The number of aliphatic hydroxyl groups is 1. The molecule has 0 spiro atoms. The second-order valence-electron chi connectivity index (χ2n) is 7.84. The standard InChI is InChI=1S/C20H22O5/c1-6-19(5)10-12-15(24-20(19,22)17-18(3,4)25-17)14-11(2)8-7-9-13(14)23-16(12)21/h6-9,17,22H,1,10H2,2-5H3/t17-,19-,20+/m1/s1. The van der Waals surface area contributed by atoms with E-state index in [1.54, 1.807) is 12.1 Å². The minimum Gasteiger partial charge on any atom is -0.457 e. The van der Waals surface area contributed by atoms with Gasteiger partial charge in [-0.05, 0) is 45.7 Å². The van der Waals surface area contributed by atoms with E-state index in [9.17, 15) is 9.90 Å². The predicted molar refractivity (Wildman–Crippen MR) is 93.8 cm³/mol. The van der Waals surface area contributed by atoms with Gasteiger partial charge in [0.2, 0.25) is 5.79 Å². The monoisotopic (exact) mass is 342 g/mol. The number of fused-ring (bicyclic) bond motifs is 3. The largest absolute Gasteiger partial charge is 0.457 e. The smallest absolute Gasteiger partial charge is 0.343 e. The summed E-state index contributed by atoms with van der Waals surface area (Å²) in [7, 11) is 0. The molecule has 1 aromatic heterocycles. The van der Waals surface area contributed by atoms with Crippen molar-refractivity contribution in [3.8, 4) is 5.75 Å². The van der Waals surface area contributed by atoms with Gasteiger partial charge in [0.15, 0.2) is 6.10 Å². The molecule has 0 aliphatic carbocycles. The van der Waals surface area contributed by atoms with Crippen molar-refractivity contribution in [1.29, 1.82) is 0 Å². The molecule has 2 aliphatic heterocycles. The molecule has 3 atom stereocenters. The molecule has 1 N–H and O–H groups in total. The molecule has 132 valence electrons. The maximum absolute atomic E-state index is 12.5. The summed E-state index contributed by atoms with van der Waals surface area (Å²) >= 11 is 0. The van der Waals surface area contributed by atoms with Crippen molar-refractivity contribution in [3.63, 3.8) is 0 Å². The quantitative estimate of drug-likeness (QED) is 0.516. The van der Waals surface area contributed by atoms with Gasteiger partial charge in [-0.1, -0.05) is 18.2 Å². The molecule has 2 aromatic rings. The van der Waals surface area contributed by atoms with E-state index in [2.05, 4.69) is 6.58 Å². The molecule has 4 rings (SSSR count). The highest BCUT2D eigenvalue weighted by Crippen LogP contribution is 2.55. The first-order chi connectivity index (χ1) is 11.6. The first-order valence-corrected chi connectivity index (χ1v) is 8.41. The van der Waals surface area contributed by atoms with E-state index in [1.807, 2.05) is 39.8 Å².